The smallest absolute Gasteiger partial charge is 0.250 e. The zero-order valence-corrected chi connectivity index (χ0v) is 15.9. The summed E-state index contributed by atoms with van der Waals surface area (Å²) in [6, 6.07) is 12.5. The molecule has 2 aromatic carbocycles. The van der Waals surface area contributed by atoms with Crippen LogP contribution in [0, 0.1) is 5.82 Å². The largest absolute Gasteiger partial charge is 0.278 e. The summed E-state index contributed by atoms with van der Waals surface area (Å²) in [4.78, 5) is 14.5. The summed E-state index contributed by atoms with van der Waals surface area (Å²) in [7, 11) is -3.81. The first-order chi connectivity index (χ1) is 12.3. The van der Waals surface area contributed by atoms with Crippen LogP contribution in [-0.2, 0) is 14.8 Å². The van der Waals surface area contributed by atoms with Crippen molar-refractivity contribution in [2.24, 2.45) is 0 Å². The molecule has 0 aromatic heterocycles. The maximum Gasteiger partial charge on any atom is 0.250 e. The Morgan fingerprint density at radius 2 is 1.77 bits per heavy atom. The van der Waals surface area contributed by atoms with Crippen LogP contribution >= 0.6 is 23.4 Å². The zero-order chi connectivity index (χ0) is 19.0. The molecule has 0 atom stereocenters. The van der Waals surface area contributed by atoms with Crippen molar-refractivity contribution in [3.63, 3.8) is 0 Å². The first-order valence-corrected chi connectivity index (χ1v) is 10.4. The van der Waals surface area contributed by atoms with Gasteiger partial charge >= 0.3 is 0 Å². The van der Waals surface area contributed by atoms with Gasteiger partial charge in [0.25, 0.3) is 10.0 Å². The molecule has 0 unspecified atom stereocenters. The van der Waals surface area contributed by atoms with E-state index in [1.54, 1.807) is 36.4 Å². The summed E-state index contributed by atoms with van der Waals surface area (Å²) < 4.78 is 36.4. The lowest BCUT2D eigenvalue weighted by Crippen LogP contribution is -2.40. The number of carbonyl (C=O) groups is 1. The number of benzene rings is 2. The number of halogens is 2. The average Bonchev–Trinajstić information content (AvgIpc) is 2.61. The molecule has 0 saturated carbocycles. The van der Waals surface area contributed by atoms with Crippen LogP contribution in [0.3, 0.4) is 0 Å². The van der Waals surface area contributed by atoms with Gasteiger partial charge in [-0.3, -0.25) is 10.2 Å². The lowest BCUT2D eigenvalue weighted by atomic mass is 10.2. The molecule has 0 spiro atoms. The van der Waals surface area contributed by atoms with Gasteiger partial charge in [-0.2, -0.15) is 0 Å². The van der Waals surface area contributed by atoms with Crippen molar-refractivity contribution in [3.05, 3.63) is 70.3 Å². The number of nitrogens with one attached hydrogen (secondary N) is 2. The number of carbonyl (C=O) groups excluding carboxylic acids is 1. The Hall–Kier alpha value is -1.87. The van der Waals surface area contributed by atoms with Crippen LogP contribution in [0.15, 0.2) is 58.8 Å². The number of hydrogen-bond acceptors (Lipinski definition) is 4. The van der Waals surface area contributed by atoms with Gasteiger partial charge in [0.2, 0.25) is 5.91 Å². The Morgan fingerprint density at radius 3 is 2.42 bits per heavy atom. The van der Waals surface area contributed by atoms with Gasteiger partial charge < -0.3 is 0 Å². The van der Waals surface area contributed by atoms with Crippen molar-refractivity contribution < 1.29 is 17.6 Å². The molecule has 9 heteroatoms. The number of hydrazine groups is 1. The number of thioether (sulfide) groups is 1. The minimum Gasteiger partial charge on any atom is -0.278 e. The third-order valence-electron chi connectivity index (χ3n) is 3.05. The molecule has 26 heavy (non-hydrogen) atoms. The summed E-state index contributed by atoms with van der Waals surface area (Å²) in [6.07, 6.45) is 1.49. The summed E-state index contributed by atoms with van der Waals surface area (Å²) >= 11 is 7.12. The maximum absolute atomic E-state index is 12.8. The van der Waals surface area contributed by atoms with E-state index >= 15 is 0 Å². The third-order valence-corrected chi connectivity index (χ3v) is 5.20. The van der Waals surface area contributed by atoms with Gasteiger partial charge in [0, 0.05) is 27.5 Å². The van der Waals surface area contributed by atoms with E-state index < -0.39 is 15.9 Å². The maximum atomic E-state index is 12.8. The van der Waals surface area contributed by atoms with Crippen LogP contribution in [0.2, 0.25) is 5.02 Å². The van der Waals surface area contributed by atoms with Crippen molar-refractivity contribution in [3.8, 4) is 0 Å². The summed E-state index contributed by atoms with van der Waals surface area (Å²) in [5, 5.41) is 1.50. The quantitative estimate of drug-likeness (QED) is 0.511. The normalized spacial score (nSPS) is 11.6. The molecule has 0 aliphatic carbocycles. The van der Waals surface area contributed by atoms with E-state index in [9.17, 15) is 17.6 Å². The Bertz CT molecular complexity index is 870. The molecule has 0 heterocycles. The Balaban J connectivity index is 1.74. The number of hydrogen-bond donors (Lipinski definition) is 2. The van der Waals surface area contributed by atoms with Crippen LogP contribution in [0.4, 0.5) is 4.39 Å². The van der Waals surface area contributed by atoms with Gasteiger partial charge in [-0.25, -0.2) is 12.8 Å². The zero-order valence-electron chi connectivity index (χ0n) is 13.5. The highest BCUT2D eigenvalue weighted by Crippen LogP contribution is 2.18. The molecule has 0 bridgehead atoms. The van der Waals surface area contributed by atoms with Gasteiger partial charge in [0.1, 0.15) is 5.82 Å². The van der Waals surface area contributed by atoms with E-state index in [2.05, 4.69) is 5.43 Å². The van der Waals surface area contributed by atoms with Crippen molar-refractivity contribution in [1.82, 2.24) is 10.3 Å². The molecule has 138 valence electrons. The molecule has 5 nitrogen and oxygen atoms in total. The SMILES string of the molecule is O=C(CCSc1ccc(F)cc1)NNS(=O)(=O)/C=C/c1ccc(Cl)cc1. The second-order valence-electron chi connectivity index (χ2n) is 5.10. The number of amides is 1. The second kappa shape index (κ2) is 9.72. The van der Waals surface area contributed by atoms with Crippen molar-refractivity contribution in [2.45, 2.75) is 11.3 Å². The average molecular weight is 415 g/mol. The molecular formula is C17H16ClFN2O3S2. The molecule has 2 aromatic rings. The van der Waals surface area contributed by atoms with Crippen LogP contribution in [-0.4, -0.2) is 20.1 Å². The molecule has 0 fully saturated rings. The Morgan fingerprint density at radius 1 is 1.12 bits per heavy atom. The Kier molecular flexibility index (Phi) is 7.65. The summed E-state index contributed by atoms with van der Waals surface area (Å²) in [5.74, 6) is -0.365. The molecule has 0 radical (unpaired) electrons. The number of sulfonamides is 1. The standard InChI is InChI=1S/C17H16ClFN2O3S2/c18-14-3-1-13(2-4-14)10-12-26(23,24)21-20-17(22)9-11-25-16-7-5-15(19)6-8-16/h1-8,10,12,21H,9,11H2,(H,20,22)/b12-10+. The van der Waals surface area contributed by atoms with Crippen molar-refractivity contribution in [2.75, 3.05) is 5.75 Å². The molecule has 2 N–H and O–H groups in total. The van der Waals surface area contributed by atoms with Gasteiger partial charge in [0.05, 0.1) is 0 Å². The first-order valence-electron chi connectivity index (χ1n) is 7.47. The monoisotopic (exact) mass is 414 g/mol. The fraction of sp³-hybridized carbons (Fsp3) is 0.118. The van der Waals surface area contributed by atoms with Gasteiger partial charge in [-0.15, -0.1) is 16.6 Å². The molecule has 2 rings (SSSR count). The highest BCUT2D eigenvalue weighted by Gasteiger charge is 2.08. The topological polar surface area (TPSA) is 75.3 Å². The van der Waals surface area contributed by atoms with Gasteiger partial charge in [-0.05, 0) is 48.0 Å². The van der Waals surface area contributed by atoms with Crippen LogP contribution in [0.1, 0.15) is 12.0 Å². The van der Waals surface area contributed by atoms with E-state index in [4.69, 9.17) is 11.6 Å². The lowest BCUT2D eigenvalue weighted by molar-refractivity contribution is -0.121. The van der Waals surface area contributed by atoms with Crippen molar-refractivity contribution in [1.29, 1.82) is 0 Å². The van der Waals surface area contributed by atoms with Crippen molar-refractivity contribution >= 4 is 45.4 Å². The summed E-state index contributed by atoms with van der Waals surface area (Å²) in [5.41, 5.74) is 2.80. The molecule has 0 aliphatic heterocycles. The lowest BCUT2D eigenvalue weighted by Gasteiger charge is -2.06. The molecule has 0 aliphatic rings. The van der Waals surface area contributed by atoms with Crippen LogP contribution in [0.5, 0.6) is 0 Å². The second-order valence-corrected chi connectivity index (χ2v) is 8.27. The minimum atomic E-state index is -3.81. The highest BCUT2D eigenvalue weighted by molar-refractivity contribution is 7.99. The number of rotatable bonds is 8. The minimum absolute atomic E-state index is 0.103. The van der Waals surface area contributed by atoms with Crippen LogP contribution in [0.25, 0.3) is 6.08 Å². The third kappa shape index (κ3) is 7.57. The van der Waals surface area contributed by atoms with E-state index in [1.165, 1.54) is 30.0 Å². The fourth-order valence-electron chi connectivity index (χ4n) is 1.76. The van der Waals surface area contributed by atoms with Crippen LogP contribution < -0.4 is 10.3 Å². The molecule has 0 saturated heterocycles. The van der Waals surface area contributed by atoms with Gasteiger partial charge in [-0.1, -0.05) is 23.7 Å². The predicted octanol–water partition coefficient (Wildman–Crippen LogP) is 3.58. The summed E-state index contributed by atoms with van der Waals surface area (Å²) in [6.45, 7) is 0. The van der Waals surface area contributed by atoms with E-state index in [1.807, 2.05) is 4.83 Å². The highest BCUT2D eigenvalue weighted by atomic mass is 35.5. The molecule has 1 amide bonds. The Labute approximate surface area is 160 Å². The predicted molar refractivity (Wildman–Crippen MR) is 102 cm³/mol. The van der Waals surface area contributed by atoms with E-state index in [-0.39, 0.29) is 12.2 Å². The van der Waals surface area contributed by atoms with E-state index in [0.29, 0.717) is 16.3 Å². The molecular weight excluding hydrogens is 399 g/mol. The van der Waals surface area contributed by atoms with Gasteiger partial charge in [0.15, 0.2) is 0 Å². The van der Waals surface area contributed by atoms with E-state index in [0.717, 1.165) is 10.3 Å². The fourth-order valence-corrected chi connectivity index (χ4v) is 3.40. The first kappa shape index (κ1) is 20.4.